The van der Waals surface area contributed by atoms with Crippen LogP contribution in [0.4, 0.5) is 0 Å². The molecule has 0 spiro atoms. The molecule has 3 unspecified atom stereocenters. The largest absolute Gasteiger partial charge is 0.381 e. The van der Waals surface area contributed by atoms with E-state index in [1.165, 1.54) is 51.7 Å². The van der Waals surface area contributed by atoms with Crippen LogP contribution < -0.4 is 5.32 Å². The minimum atomic E-state index is 0.794. The van der Waals surface area contributed by atoms with Crippen molar-refractivity contribution in [3.63, 3.8) is 0 Å². The highest BCUT2D eigenvalue weighted by Crippen LogP contribution is 2.40. The maximum absolute atomic E-state index is 5.55. The topological polar surface area (TPSA) is 24.5 Å². The summed E-state index contributed by atoms with van der Waals surface area (Å²) in [5, 5.41) is 3.83. The molecule has 18 heavy (non-hydrogen) atoms. The molecule has 0 amide bonds. The average molecular weight is 250 g/mol. The van der Waals surface area contributed by atoms with Crippen LogP contribution in [0.5, 0.6) is 0 Å². The van der Waals surface area contributed by atoms with Gasteiger partial charge in [-0.05, 0) is 49.9 Å². The highest BCUT2D eigenvalue weighted by atomic mass is 16.5. The van der Waals surface area contributed by atoms with E-state index >= 15 is 0 Å². The fourth-order valence-electron chi connectivity index (χ4n) is 3.88. The van der Waals surface area contributed by atoms with Gasteiger partial charge in [0.2, 0.25) is 0 Å². The number of hydrogen-bond acceptors (Lipinski definition) is 3. The monoisotopic (exact) mass is 250 g/mol. The summed E-state index contributed by atoms with van der Waals surface area (Å²) < 4.78 is 5.55. The van der Waals surface area contributed by atoms with Gasteiger partial charge in [-0.2, -0.15) is 0 Å². The molecule has 3 nitrogen and oxygen atoms in total. The first-order valence-electron chi connectivity index (χ1n) is 7.95. The number of ether oxygens (including phenoxy) is 1. The molecule has 0 aromatic heterocycles. The Kier molecular flexibility index (Phi) is 3.10. The predicted molar refractivity (Wildman–Crippen MR) is 71.5 cm³/mol. The molecule has 3 atom stereocenters. The molecule has 2 saturated heterocycles. The minimum Gasteiger partial charge on any atom is -0.381 e. The molecule has 4 aliphatic rings. The first-order valence-corrected chi connectivity index (χ1v) is 7.95. The van der Waals surface area contributed by atoms with E-state index in [9.17, 15) is 0 Å². The maximum atomic E-state index is 5.55. The van der Waals surface area contributed by atoms with Crippen LogP contribution in [-0.4, -0.2) is 49.8 Å². The summed E-state index contributed by atoms with van der Waals surface area (Å²) in [6.45, 7) is 5.86. The zero-order chi connectivity index (χ0) is 11.9. The molecule has 2 aliphatic carbocycles. The van der Waals surface area contributed by atoms with E-state index in [1.54, 1.807) is 0 Å². The maximum Gasteiger partial charge on any atom is 0.0507 e. The molecule has 0 aromatic carbocycles. The van der Waals surface area contributed by atoms with Crippen LogP contribution >= 0.6 is 0 Å². The van der Waals surface area contributed by atoms with Gasteiger partial charge < -0.3 is 10.1 Å². The standard InChI is InChI=1S/C15H26N2O/c1-2-12(1)14-9-17(8-11-5-6-18-10-11)15(7-16-14)13-3-4-13/h11-16H,1-10H2. The van der Waals surface area contributed by atoms with E-state index in [1.807, 2.05) is 0 Å². The molecular weight excluding hydrogens is 224 g/mol. The van der Waals surface area contributed by atoms with E-state index in [-0.39, 0.29) is 0 Å². The van der Waals surface area contributed by atoms with Crippen molar-refractivity contribution in [1.82, 2.24) is 10.2 Å². The highest BCUT2D eigenvalue weighted by molar-refractivity contribution is 4.99. The normalized spacial score (nSPS) is 42.3. The quantitative estimate of drug-likeness (QED) is 0.818. The van der Waals surface area contributed by atoms with E-state index in [4.69, 9.17) is 4.74 Å². The van der Waals surface area contributed by atoms with Crippen LogP contribution in [0.25, 0.3) is 0 Å². The molecule has 4 fully saturated rings. The Morgan fingerprint density at radius 3 is 2.56 bits per heavy atom. The average Bonchev–Trinajstić information content (AvgIpc) is 3.29. The van der Waals surface area contributed by atoms with Crippen LogP contribution in [0, 0.1) is 17.8 Å². The third-order valence-corrected chi connectivity index (χ3v) is 5.36. The number of rotatable bonds is 4. The van der Waals surface area contributed by atoms with Crippen LogP contribution in [0.3, 0.4) is 0 Å². The van der Waals surface area contributed by atoms with Crippen LogP contribution in [0.15, 0.2) is 0 Å². The van der Waals surface area contributed by atoms with Gasteiger partial charge in [-0.3, -0.25) is 4.90 Å². The van der Waals surface area contributed by atoms with Gasteiger partial charge in [0, 0.05) is 38.3 Å². The molecule has 3 heteroatoms. The van der Waals surface area contributed by atoms with Crippen molar-refractivity contribution in [1.29, 1.82) is 0 Å². The molecule has 2 aliphatic heterocycles. The second-order valence-corrected chi connectivity index (χ2v) is 6.94. The first kappa shape index (κ1) is 11.7. The first-order chi connectivity index (χ1) is 8.90. The summed E-state index contributed by atoms with van der Waals surface area (Å²) in [6, 6.07) is 1.63. The highest BCUT2D eigenvalue weighted by Gasteiger charge is 2.42. The summed E-state index contributed by atoms with van der Waals surface area (Å²) in [7, 11) is 0. The molecule has 2 heterocycles. The van der Waals surface area contributed by atoms with Crippen LogP contribution in [0.2, 0.25) is 0 Å². The SMILES string of the molecule is C1CC(CN2CC(C3CC3)NCC2C2CC2)CO1. The third-order valence-electron chi connectivity index (χ3n) is 5.36. The Bertz CT molecular complexity index is 293. The number of hydrogen-bond donors (Lipinski definition) is 1. The smallest absolute Gasteiger partial charge is 0.0507 e. The van der Waals surface area contributed by atoms with Gasteiger partial charge in [0.25, 0.3) is 0 Å². The molecule has 1 N–H and O–H groups in total. The Labute approximate surface area is 110 Å². The molecule has 102 valence electrons. The van der Waals surface area contributed by atoms with E-state index < -0.39 is 0 Å². The lowest BCUT2D eigenvalue weighted by Crippen LogP contribution is -2.58. The molecule has 0 aromatic rings. The third kappa shape index (κ3) is 2.45. The van der Waals surface area contributed by atoms with Gasteiger partial charge in [-0.25, -0.2) is 0 Å². The van der Waals surface area contributed by atoms with E-state index in [0.29, 0.717) is 0 Å². The zero-order valence-electron chi connectivity index (χ0n) is 11.3. The van der Waals surface area contributed by atoms with Gasteiger partial charge in [0.1, 0.15) is 0 Å². The summed E-state index contributed by atoms with van der Waals surface area (Å²) in [5.41, 5.74) is 0. The van der Waals surface area contributed by atoms with Crippen LogP contribution in [-0.2, 0) is 4.74 Å². The summed E-state index contributed by atoms with van der Waals surface area (Å²) in [5.74, 6) is 2.80. The van der Waals surface area contributed by atoms with Crippen molar-refractivity contribution < 1.29 is 4.74 Å². The van der Waals surface area contributed by atoms with Gasteiger partial charge in [-0.1, -0.05) is 0 Å². The van der Waals surface area contributed by atoms with Crippen molar-refractivity contribution in [2.75, 3.05) is 32.8 Å². The molecule has 0 bridgehead atoms. The fourth-order valence-corrected chi connectivity index (χ4v) is 3.88. The Hall–Kier alpha value is -0.120. The predicted octanol–water partition coefficient (Wildman–Crippen LogP) is 1.49. The Morgan fingerprint density at radius 2 is 1.89 bits per heavy atom. The Morgan fingerprint density at radius 1 is 1.06 bits per heavy atom. The minimum absolute atomic E-state index is 0.794. The lowest BCUT2D eigenvalue weighted by atomic mass is 9.99. The van der Waals surface area contributed by atoms with Crippen LogP contribution in [0.1, 0.15) is 32.1 Å². The van der Waals surface area contributed by atoms with Gasteiger partial charge >= 0.3 is 0 Å². The van der Waals surface area contributed by atoms with Gasteiger partial charge in [-0.15, -0.1) is 0 Å². The lowest BCUT2D eigenvalue weighted by molar-refractivity contribution is 0.0847. The van der Waals surface area contributed by atoms with Crippen molar-refractivity contribution in [3.8, 4) is 0 Å². The van der Waals surface area contributed by atoms with Crippen molar-refractivity contribution in [3.05, 3.63) is 0 Å². The van der Waals surface area contributed by atoms with Gasteiger partial charge in [0.05, 0.1) is 6.61 Å². The summed E-state index contributed by atoms with van der Waals surface area (Å²) in [6.07, 6.45) is 7.16. The Balaban J connectivity index is 1.40. The molecule has 4 rings (SSSR count). The zero-order valence-corrected chi connectivity index (χ0v) is 11.3. The molecular formula is C15H26N2O. The summed E-state index contributed by atoms with van der Waals surface area (Å²) in [4.78, 5) is 2.83. The molecule has 0 radical (unpaired) electrons. The van der Waals surface area contributed by atoms with E-state index in [2.05, 4.69) is 10.2 Å². The van der Waals surface area contributed by atoms with Crippen molar-refractivity contribution >= 4 is 0 Å². The van der Waals surface area contributed by atoms with E-state index in [0.717, 1.165) is 43.1 Å². The fraction of sp³-hybridized carbons (Fsp3) is 1.00. The number of nitrogens with one attached hydrogen (secondary N) is 1. The molecule has 2 saturated carbocycles. The number of nitrogens with zero attached hydrogens (tertiary/aromatic N) is 1. The van der Waals surface area contributed by atoms with Crippen molar-refractivity contribution in [2.24, 2.45) is 17.8 Å². The van der Waals surface area contributed by atoms with Crippen molar-refractivity contribution in [2.45, 2.75) is 44.2 Å². The lowest BCUT2D eigenvalue weighted by Gasteiger charge is -2.42. The summed E-state index contributed by atoms with van der Waals surface area (Å²) >= 11 is 0. The second-order valence-electron chi connectivity index (χ2n) is 6.94. The second kappa shape index (κ2) is 4.77. The van der Waals surface area contributed by atoms with Gasteiger partial charge in [0.15, 0.2) is 0 Å². The number of piperazine rings is 1.